The molecule has 2 aliphatic rings. The molecule has 8 heteroatoms. The minimum Gasteiger partial charge on any atom is -0.506 e. The van der Waals surface area contributed by atoms with Gasteiger partial charge in [0.05, 0.1) is 0 Å². The van der Waals surface area contributed by atoms with E-state index in [0.717, 1.165) is 12.8 Å². The zero-order valence-corrected chi connectivity index (χ0v) is 12.9. The second-order valence-electron chi connectivity index (χ2n) is 5.75. The van der Waals surface area contributed by atoms with Gasteiger partial charge in [-0.3, -0.25) is 4.79 Å². The third-order valence-corrected chi connectivity index (χ3v) is 5.75. The highest BCUT2D eigenvalue weighted by atomic mass is 32.2. The Hall–Kier alpha value is -1.83. The van der Waals surface area contributed by atoms with Crippen molar-refractivity contribution in [2.75, 3.05) is 10.8 Å². The lowest BCUT2D eigenvalue weighted by Crippen LogP contribution is -2.31. The molecule has 1 aliphatic heterocycles. The van der Waals surface area contributed by atoms with Gasteiger partial charge in [0.15, 0.2) is 5.82 Å². The molecule has 1 heterocycles. The van der Waals surface area contributed by atoms with Gasteiger partial charge < -0.3 is 5.11 Å². The van der Waals surface area contributed by atoms with Gasteiger partial charge in [0.2, 0.25) is 0 Å². The van der Waals surface area contributed by atoms with Crippen LogP contribution in [0.3, 0.4) is 0 Å². The van der Waals surface area contributed by atoms with Gasteiger partial charge >= 0.3 is 10.2 Å². The van der Waals surface area contributed by atoms with Crippen molar-refractivity contribution in [3.05, 3.63) is 23.0 Å². The minimum atomic E-state index is -4.15. The van der Waals surface area contributed by atoms with E-state index in [1.807, 2.05) is 6.92 Å². The molecule has 0 aromatic heterocycles. The van der Waals surface area contributed by atoms with Crippen molar-refractivity contribution in [3.63, 3.8) is 0 Å². The second-order valence-corrected chi connectivity index (χ2v) is 7.34. The number of rotatable bonds is 2. The van der Waals surface area contributed by atoms with Gasteiger partial charge in [0.1, 0.15) is 18.0 Å². The van der Waals surface area contributed by atoms with Crippen LogP contribution < -0.4 is 9.03 Å². The number of phenolic OH excluding ortho intramolecular Hbond substituents is 1. The zero-order chi connectivity index (χ0) is 16.1. The summed E-state index contributed by atoms with van der Waals surface area (Å²) in [5, 5.41) is 10.1. The van der Waals surface area contributed by atoms with Crippen LogP contribution in [-0.4, -0.2) is 26.0 Å². The van der Waals surface area contributed by atoms with E-state index in [0.29, 0.717) is 34.2 Å². The van der Waals surface area contributed by atoms with Crippen molar-refractivity contribution in [2.45, 2.75) is 32.6 Å². The maximum Gasteiger partial charge on any atom is 0.326 e. The van der Waals surface area contributed by atoms with Crippen LogP contribution in [0.4, 0.5) is 10.1 Å². The largest absolute Gasteiger partial charge is 0.506 e. The van der Waals surface area contributed by atoms with Crippen molar-refractivity contribution >= 4 is 21.8 Å². The lowest BCUT2D eigenvalue weighted by atomic mass is 9.82. The molecule has 0 spiro atoms. The molecule has 1 aromatic carbocycles. The van der Waals surface area contributed by atoms with Crippen molar-refractivity contribution in [1.29, 1.82) is 0 Å². The molecule has 22 heavy (non-hydrogen) atoms. The number of carbonyl (C=O) groups is 1. The number of anilines is 1. The summed E-state index contributed by atoms with van der Waals surface area (Å²) in [6.07, 6.45) is 3.00. The Kier molecular flexibility index (Phi) is 3.51. The number of carbonyl (C=O) groups excluding carboxylic acids is 1. The smallest absolute Gasteiger partial charge is 0.326 e. The van der Waals surface area contributed by atoms with E-state index in [4.69, 9.17) is 0 Å². The van der Waals surface area contributed by atoms with E-state index in [9.17, 15) is 22.7 Å². The van der Waals surface area contributed by atoms with E-state index in [2.05, 4.69) is 0 Å². The second kappa shape index (κ2) is 5.12. The van der Waals surface area contributed by atoms with E-state index >= 15 is 0 Å². The average molecular weight is 328 g/mol. The van der Waals surface area contributed by atoms with Gasteiger partial charge in [-0.05, 0) is 42.4 Å². The number of nitrogens with zero attached hydrogens (tertiary/aromatic N) is 1. The maximum atomic E-state index is 14.8. The lowest BCUT2D eigenvalue weighted by molar-refractivity contribution is -0.117. The molecule has 120 valence electrons. The maximum absolute atomic E-state index is 14.8. The Morgan fingerprint density at radius 1 is 1.50 bits per heavy atom. The minimum absolute atomic E-state index is 0.342. The molecule has 0 saturated carbocycles. The molecule has 2 N–H and O–H groups in total. The lowest BCUT2D eigenvalue weighted by Gasteiger charge is -2.27. The van der Waals surface area contributed by atoms with Gasteiger partial charge in [0.25, 0.3) is 5.91 Å². The van der Waals surface area contributed by atoms with Crippen molar-refractivity contribution in [3.8, 4) is 5.75 Å². The summed E-state index contributed by atoms with van der Waals surface area (Å²) in [5.74, 6) is -1.60. The van der Waals surface area contributed by atoms with Crippen LogP contribution >= 0.6 is 0 Å². The molecule has 0 unspecified atom stereocenters. The number of benzene rings is 1. The highest BCUT2D eigenvalue weighted by molar-refractivity contribution is 7.92. The molecule has 1 atom stereocenters. The fourth-order valence-electron chi connectivity index (χ4n) is 3.14. The van der Waals surface area contributed by atoms with Gasteiger partial charge in [-0.1, -0.05) is 13.3 Å². The van der Waals surface area contributed by atoms with Crippen molar-refractivity contribution in [1.82, 2.24) is 4.72 Å². The van der Waals surface area contributed by atoms with Crippen molar-refractivity contribution < 1.29 is 22.7 Å². The van der Waals surface area contributed by atoms with Crippen molar-refractivity contribution in [2.24, 2.45) is 5.92 Å². The number of hydrogen-bond donors (Lipinski definition) is 2. The van der Waals surface area contributed by atoms with Crippen LogP contribution in [0.2, 0.25) is 0 Å². The Labute approximate surface area is 128 Å². The summed E-state index contributed by atoms with van der Waals surface area (Å²) in [6.45, 7) is 1.51. The van der Waals surface area contributed by atoms with E-state index < -0.39 is 39.9 Å². The third kappa shape index (κ3) is 2.31. The molecule has 0 radical (unpaired) electrons. The monoisotopic (exact) mass is 328 g/mol. The fraction of sp³-hybridized carbons (Fsp3) is 0.500. The Bertz CT molecular complexity index is 748. The number of aromatic hydroxyl groups is 1. The van der Waals surface area contributed by atoms with Crippen LogP contribution in [0.5, 0.6) is 5.75 Å². The topological polar surface area (TPSA) is 86.7 Å². The van der Waals surface area contributed by atoms with Gasteiger partial charge in [-0.15, -0.1) is 0 Å². The molecular weight excluding hydrogens is 311 g/mol. The molecule has 1 amide bonds. The number of hydrogen-bond acceptors (Lipinski definition) is 4. The summed E-state index contributed by atoms with van der Waals surface area (Å²) in [5.41, 5.74) is 0.716. The molecule has 0 bridgehead atoms. The first-order valence-electron chi connectivity index (χ1n) is 7.20. The summed E-state index contributed by atoms with van der Waals surface area (Å²) in [7, 11) is -4.15. The number of nitrogens with one attached hydrogen (secondary N) is 1. The van der Waals surface area contributed by atoms with Crippen LogP contribution in [0.15, 0.2) is 6.07 Å². The number of fused-ring (bicyclic) bond motifs is 1. The summed E-state index contributed by atoms with van der Waals surface area (Å²) < 4.78 is 41.0. The Morgan fingerprint density at radius 2 is 2.23 bits per heavy atom. The number of aryl methyl sites for hydroxylation is 1. The fourth-order valence-corrected chi connectivity index (χ4v) is 4.31. The van der Waals surface area contributed by atoms with E-state index in [1.54, 1.807) is 4.72 Å². The van der Waals surface area contributed by atoms with Gasteiger partial charge in [0, 0.05) is 0 Å². The summed E-state index contributed by atoms with van der Waals surface area (Å²) in [6, 6.07) is 1.41. The Morgan fingerprint density at radius 3 is 2.82 bits per heavy atom. The van der Waals surface area contributed by atoms with E-state index in [-0.39, 0.29) is 0 Å². The summed E-state index contributed by atoms with van der Waals surface area (Å²) >= 11 is 0. The molecule has 1 aliphatic carbocycles. The predicted octanol–water partition coefficient (Wildman–Crippen LogP) is 1.23. The molecule has 3 rings (SSSR count). The molecule has 1 saturated heterocycles. The average Bonchev–Trinajstić information content (AvgIpc) is 2.71. The normalized spacial score (nSPS) is 23.3. The molecule has 1 fully saturated rings. The quantitative estimate of drug-likeness (QED) is 0.855. The zero-order valence-electron chi connectivity index (χ0n) is 12.1. The van der Waals surface area contributed by atoms with Crippen LogP contribution in [0, 0.1) is 11.7 Å². The molecule has 6 nitrogen and oxygen atoms in total. The highest BCUT2D eigenvalue weighted by Gasteiger charge is 2.38. The number of halogens is 1. The molecule has 1 aromatic rings. The van der Waals surface area contributed by atoms with Gasteiger partial charge in [-0.25, -0.2) is 13.4 Å². The predicted molar refractivity (Wildman–Crippen MR) is 78.3 cm³/mol. The third-order valence-electron chi connectivity index (χ3n) is 4.38. The van der Waals surface area contributed by atoms with Gasteiger partial charge in [-0.2, -0.15) is 8.42 Å². The van der Waals surface area contributed by atoms with Crippen LogP contribution in [0.25, 0.3) is 0 Å². The van der Waals surface area contributed by atoms with Crippen LogP contribution in [-0.2, 0) is 27.8 Å². The molecular formula is C14H17FN2O4S. The standard InChI is InChI=1S/C14H17FN2O4S/c1-2-8-3-4-9-6-11(18)14(13(15)10(9)5-8)17-7-12(19)16-22(17,20)21/h6,8,18H,2-5,7H2,1H3,(H,16,19)/t8-/m1/s1. The first-order valence-corrected chi connectivity index (χ1v) is 8.64. The first-order chi connectivity index (χ1) is 10.3. The SMILES string of the molecule is CC[C@@H]1CCc2cc(O)c(N3CC(=O)NS3(=O)=O)c(F)c2C1. The Balaban J connectivity index is 2.12. The first kappa shape index (κ1) is 15.1. The summed E-state index contributed by atoms with van der Waals surface area (Å²) in [4.78, 5) is 11.3. The number of phenols is 1. The van der Waals surface area contributed by atoms with Crippen LogP contribution in [0.1, 0.15) is 30.9 Å². The van der Waals surface area contributed by atoms with E-state index in [1.165, 1.54) is 6.07 Å². The highest BCUT2D eigenvalue weighted by Crippen LogP contribution is 2.40. The number of amides is 1.